The van der Waals surface area contributed by atoms with Gasteiger partial charge in [0.25, 0.3) is 0 Å². The van der Waals surface area contributed by atoms with E-state index in [1.54, 1.807) is 0 Å². The molecule has 6 rings (SSSR count). The normalized spacial score (nSPS) is 18.9. The molecule has 0 amide bonds. The monoisotopic (exact) mass is 407 g/mol. The van der Waals surface area contributed by atoms with Gasteiger partial charge >= 0.3 is 0 Å². The van der Waals surface area contributed by atoms with Crippen molar-refractivity contribution in [2.24, 2.45) is 0 Å². The van der Waals surface area contributed by atoms with Gasteiger partial charge in [0.1, 0.15) is 16.4 Å². The van der Waals surface area contributed by atoms with Crippen molar-refractivity contribution in [3.05, 3.63) is 45.6 Å². The summed E-state index contributed by atoms with van der Waals surface area (Å²) in [4.78, 5) is 14.8. The Hall–Kier alpha value is -2.02. The third kappa shape index (κ3) is 3.33. The molecule has 3 heterocycles. The van der Waals surface area contributed by atoms with Crippen LogP contribution in [-0.2, 0) is 37.0 Å². The van der Waals surface area contributed by atoms with E-state index < -0.39 is 0 Å². The zero-order chi connectivity index (χ0) is 19.2. The van der Waals surface area contributed by atoms with Gasteiger partial charge in [-0.05, 0) is 67.3 Å². The second kappa shape index (κ2) is 7.35. The minimum Gasteiger partial charge on any atom is -0.438 e. The van der Waals surface area contributed by atoms with E-state index in [-0.39, 0.29) is 0 Å². The summed E-state index contributed by atoms with van der Waals surface area (Å²) in [7, 11) is 0. The molecular formula is C23H25N3O2S. The van der Waals surface area contributed by atoms with Gasteiger partial charge in [0.2, 0.25) is 5.88 Å². The molecule has 5 nitrogen and oxygen atoms in total. The Morgan fingerprint density at radius 1 is 1.00 bits per heavy atom. The van der Waals surface area contributed by atoms with Crippen molar-refractivity contribution in [1.29, 1.82) is 0 Å². The maximum atomic E-state index is 6.44. The zero-order valence-electron chi connectivity index (χ0n) is 16.6. The number of hydrogen-bond donors (Lipinski definition) is 0. The van der Waals surface area contributed by atoms with Gasteiger partial charge in [-0.3, -0.25) is 4.90 Å². The number of morpholine rings is 1. The van der Waals surface area contributed by atoms with Crippen LogP contribution in [0.1, 0.15) is 40.2 Å². The van der Waals surface area contributed by atoms with Gasteiger partial charge in [-0.1, -0.05) is 6.07 Å². The topological polar surface area (TPSA) is 47.5 Å². The highest BCUT2D eigenvalue weighted by Gasteiger charge is 2.24. The van der Waals surface area contributed by atoms with Gasteiger partial charge in [0.15, 0.2) is 0 Å². The molecule has 150 valence electrons. The summed E-state index contributed by atoms with van der Waals surface area (Å²) in [5.74, 6) is 2.51. The predicted octanol–water partition coefficient (Wildman–Crippen LogP) is 4.29. The summed E-state index contributed by atoms with van der Waals surface area (Å²) in [6.07, 6.45) is 7.09. The third-order valence-electron chi connectivity index (χ3n) is 6.33. The number of fused-ring (bicyclic) bond motifs is 4. The van der Waals surface area contributed by atoms with E-state index in [9.17, 15) is 0 Å². The Kier molecular flexibility index (Phi) is 4.51. The molecule has 0 spiro atoms. The fourth-order valence-electron chi connectivity index (χ4n) is 4.83. The second-order valence-corrected chi connectivity index (χ2v) is 9.34. The zero-order valence-corrected chi connectivity index (χ0v) is 17.4. The van der Waals surface area contributed by atoms with Crippen molar-refractivity contribution in [3.63, 3.8) is 0 Å². The van der Waals surface area contributed by atoms with Gasteiger partial charge in [-0.2, -0.15) is 4.98 Å². The molecule has 1 aliphatic heterocycles. The summed E-state index contributed by atoms with van der Waals surface area (Å²) >= 11 is 1.83. The Bertz CT molecular complexity index is 1070. The van der Waals surface area contributed by atoms with Crippen LogP contribution in [0.15, 0.2) is 18.2 Å². The average Bonchev–Trinajstić information content (AvgIpc) is 3.44. The fourth-order valence-corrected chi connectivity index (χ4v) is 6.10. The number of rotatable bonds is 4. The van der Waals surface area contributed by atoms with Gasteiger partial charge in [0.05, 0.1) is 25.1 Å². The highest BCUT2D eigenvalue weighted by Crippen LogP contribution is 2.42. The quantitative estimate of drug-likeness (QED) is 0.646. The molecule has 3 aromatic rings. The van der Waals surface area contributed by atoms with E-state index in [0.29, 0.717) is 0 Å². The van der Waals surface area contributed by atoms with Gasteiger partial charge in [-0.25, -0.2) is 4.98 Å². The molecule has 0 saturated carbocycles. The van der Waals surface area contributed by atoms with E-state index >= 15 is 0 Å². The first-order chi connectivity index (χ1) is 14.3. The van der Waals surface area contributed by atoms with Crippen molar-refractivity contribution in [2.75, 3.05) is 26.3 Å². The summed E-state index contributed by atoms with van der Waals surface area (Å²) in [5, 5.41) is 1.15. The van der Waals surface area contributed by atoms with E-state index in [4.69, 9.17) is 19.4 Å². The summed E-state index contributed by atoms with van der Waals surface area (Å²) in [6.45, 7) is 4.19. The number of ether oxygens (including phenoxy) is 2. The Balaban J connectivity index is 1.39. The average molecular weight is 408 g/mol. The van der Waals surface area contributed by atoms with Crippen molar-refractivity contribution in [2.45, 2.75) is 45.1 Å². The molecular weight excluding hydrogens is 382 g/mol. The third-order valence-corrected chi connectivity index (χ3v) is 7.52. The van der Waals surface area contributed by atoms with Crippen LogP contribution in [-0.4, -0.2) is 41.2 Å². The number of thiophene rings is 1. The first-order valence-electron chi connectivity index (χ1n) is 10.7. The number of aryl methyl sites for hydroxylation is 4. The van der Waals surface area contributed by atoms with Gasteiger partial charge < -0.3 is 9.47 Å². The van der Waals surface area contributed by atoms with Crippen molar-refractivity contribution < 1.29 is 9.47 Å². The molecule has 0 N–H and O–H groups in total. The maximum absolute atomic E-state index is 6.44. The lowest BCUT2D eigenvalue weighted by molar-refractivity contribution is 0.0330. The highest BCUT2D eigenvalue weighted by molar-refractivity contribution is 7.19. The molecule has 0 unspecified atom stereocenters. The van der Waals surface area contributed by atoms with Crippen LogP contribution in [0.25, 0.3) is 10.2 Å². The van der Waals surface area contributed by atoms with E-state index in [2.05, 4.69) is 23.1 Å². The van der Waals surface area contributed by atoms with Crippen LogP contribution in [0.4, 0.5) is 0 Å². The summed E-state index contributed by atoms with van der Waals surface area (Å²) < 4.78 is 11.9. The molecule has 3 aliphatic rings. The molecule has 0 atom stereocenters. The molecule has 0 bridgehead atoms. The summed E-state index contributed by atoms with van der Waals surface area (Å²) in [5.41, 5.74) is 4.31. The first kappa shape index (κ1) is 17.8. The maximum Gasteiger partial charge on any atom is 0.231 e. The molecule has 1 fully saturated rings. The standard InChI is InChI=1S/C23H25N3O2S/c1-3-15-7-8-17(13-16(15)4-1)28-22-21-18-5-2-6-19(18)29-23(21)25-20(24-22)14-26-9-11-27-12-10-26/h7-8,13H,1-6,9-12,14H2. The lowest BCUT2D eigenvalue weighted by atomic mass is 10.1. The van der Waals surface area contributed by atoms with Crippen molar-refractivity contribution >= 4 is 21.6 Å². The summed E-state index contributed by atoms with van der Waals surface area (Å²) in [6, 6.07) is 6.54. The minimum atomic E-state index is 0.746. The van der Waals surface area contributed by atoms with Crippen LogP contribution >= 0.6 is 11.3 Å². The van der Waals surface area contributed by atoms with Crippen LogP contribution in [0, 0.1) is 0 Å². The molecule has 2 aromatic heterocycles. The Labute approximate surface area is 174 Å². The Morgan fingerprint density at radius 3 is 2.79 bits per heavy atom. The smallest absolute Gasteiger partial charge is 0.231 e. The number of benzene rings is 1. The van der Waals surface area contributed by atoms with E-state index in [1.165, 1.54) is 40.8 Å². The van der Waals surface area contributed by atoms with Crippen LogP contribution < -0.4 is 4.74 Å². The van der Waals surface area contributed by atoms with Crippen molar-refractivity contribution in [3.8, 4) is 11.6 Å². The van der Waals surface area contributed by atoms with Crippen LogP contribution in [0.5, 0.6) is 11.6 Å². The SMILES string of the molecule is c1cc2c(cc1Oc1nc(CN3CCOCC3)nc3sc4c(c13)CCC4)CCC2. The second-order valence-electron chi connectivity index (χ2n) is 8.26. The molecule has 1 aromatic carbocycles. The molecule has 6 heteroatoms. The van der Waals surface area contributed by atoms with Gasteiger partial charge in [0, 0.05) is 18.0 Å². The van der Waals surface area contributed by atoms with E-state index in [1.807, 2.05) is 11.3 Å². The molecule has 0 radical (unpaired) electrons. The number of nitrogens with zero attached hydrogens (tertiary/aromatic N) is 3. The Morgan fingerprint density at radius 2 is 1.86 bits per heavy atom. The number of aromatic nitrogens is 2. The lowest BCUT2D eigenvalue weighted by Crippen LogP contribution is -2.36. The molecule has 1 saturated heterocycles. The van der Waals surface area contributed by atoms with Crippen molar-refractivity contribution in [1.82, 2.24) is 14.9 Å². The molecule has 2 aliphatic carbocycles. The lowest BCUT2D eigenvalue weighted by Gasteiger charge is -2.25. The molecule has 29 heavy (non-hydrogen) atoms. The van der Waals surface area contributed by atoms with E-state index in [0.717, 1.165) is 79.8 Å². The highest BCUT2D eigenvalue weighted by atomic mass is 32.1. The predicted molar refractivity (Wildman–Crippen MR) is 114 cm³/mol. The van der Waals surface area contributed by atoms with Crippen LogP contribution in [0.3, 0.4) is 0 Å². The van der Waals surface area contributed by atoms with Crippen LogP contribution in [0.2, 0.25) is 0 Å². The largest absolute Gasteiger partial charge is 0.438 e. The first-order valence-corrected chi connectivity index (χ1v) is 11.6. The van der Waals surface area contributed by atoms with Gasteiger partial charge in [-0.15, -0.1) is 11.3 Å². The fraction of sp³-hybridized carbons (Fsp3) is 0.478. The minimum absolute atomic E-state index is 0.746. The number of hydrogen-bond acceptors (Lipinski definition) is 6.